The molecule has 2 aromatic carbocycles. The Morgan fingerprint density at radius 1 is 1.19 bits per heavy atom. The maximum absolute atomic E-state index is 12.0. The van der Waals surface area contributed by atoms with Crippen molar-refractivity contribution in [3.8, 4) is 0 Å². The quantitative estimate of drug-likeness (QED) is 0.437. The van der Waals surface area contributed by atoms with Crippen molar-refractivity contribution in [1.29, 1.82) is 0 Å². The molecule has 0 bridgehead atoms. The number of benzene rings is 2. The van der Waals surface area contributed by atoms with Crippen molar-refractivity contribution in [2.24, 2.45) is 4.99 Å². The molecular weight excluding hydrogens is 370 g/mol. The van der Waals surface area contributed by atoms with Crippen LogP contribution in [0.1, 0.15) is 5.56 Å². The van der Waals surface area contributed by atoms with Gasteiger partial charge in [0.2, 0.25) is 0 Å². The number of nitrogens with zero attached hydrogens (tertiary/aromatic N) is 1. The zero-order chi connectivity index (χ0) is 18.5. The summed E-state index contributed by atoms with van der Waals surface area (Å²) in [5.74, 6) is -0.173. The number of halogens is 1. The van der Waals surface area contributed by atoms with E-state index in [9.17, 15) is 9.90 Å². The fourth-order valence-electron chi connectivity index (χ4n) is 2.31. The van der Waals surface area contributed by atoms with E-state index in [0.717, 1.165) is 11.1 Å². The molecule has 0 unspecified atom stereocenters. The number of aliphatic imine (C=N–C) groups is 1. The summed E-state index contributed by atoms with van der Waals surface area (Å²) in [6.45, 7) is 3.96. The summed E-state index contributed by atoms with van der Waals surface area (Å²) in [4.78, 5) is 16.5. The fraction of sp³-hybridized carbons (Fsp3) is 0.100. The minimum absolute atomic E-state index is 0.103. The van der Waals surface area contributed by atoms with Crippen molar-refractivity contribution in [3.05, 3.63) is 83.1 Å². The van der Waals surface area contributed by atoms with Crippen LogP contribution in [0, 0.1) is 0 Å². The number of cyclic esters (lactones) is 1. The molecule has 1 N–H and O–H groups in total. The highest BCUT2D eigenvalue weighted by molar-refractivity contribution is 8.14. The summed E-state index contributed by atoms with van der Waals surface area (Å²) < 4.78 is 4.91. The van der Waals surface area contributed by atoms with Crippen LogP contribution < -0.4 is 0 Å². The number of ether oxygens (including phenoxy) is 1. The molecule has 0 saturated heterocycles. The largest absolute Gasteiger partial charge is 0.508 e. The molecular formula is C20H16ClNO3S. The van der Waals surface area contributed by atoms with E-state index in [1.54, 1.807) is 12.1 Å². The lowest BCUT2D eigenvalue weighted by Crippen LogP contribution is -2.09. The zero-order valence-corrected chi connectivity index (χ0v) is 15.4. The predicted octanol–water partition coefficient (Wildman–Crippen LogP) is 5.19. The summed E-state index contributed by atoms with van der Waals surface area (Å²) in [5, 5.41) is 11.1. The average molecular weight is 386 g/mol. The summed E-state index contributed by atoms with van der Waals surface area (Å²) >= 11 is 7.24. The van der Waals surface area contributed by atoms with Gasteiger partial charge >= 0.3 is 5.97 Å². The molecule has 1 aliphatic rings. The van der Waals surface area contributed by atoms with Gasteiger partial charge in [-0.3, -0.25) is 0 Å². The fourth-order valence-corrected chi connectivity index (χ4v) is 3.43. The lowest BCUT2D eigenvalue weighted by molar-refractivity contribution is -0.135. The Hall–Kier alpha value is -2.50. The normalized spacial score (nSPS) is 14.5. The highest BCUT2D eigenvalue weighted by Crippen LogP contribution is 2.28. The Morgan fingerprint density at radius 2 is 1.88 bits per heavy atom. The van der Waals surface area contributed by atoms with Crippen LogP contribution in [0.2, 0.25) is 5.02 Å². The van der Waals surface area contributed by atoms with Crippen LogP contribution in [0.15, 0.2) is 77.5 Å². The first kappa shape index (κ1) is 18.3. The van der Waals surface area contributed by atoms with Gasteiger partial charge in [0.25, 0.3) is 0 Å². The highest BCUT2D eigenvalue weighted by atomic mass is 35.5. The van der Waals surface area contributed by atoms with E-state index in [1.807, 2.05) is 42.5 Å². The maximum Gasteiger partial charge on any atom is 0.344 e. The summed E-state index contributed by atoms with van der Waals surface area (Å²) in [6.07, 6.45) is 0. The molecule has 132 valence electrons. The predicted molar refractivity (Wildman–Crippen MR) is 107 cm³/mol. The molecule has 4 nitrogen and oxygen atoms in total. The van der Waals surface area contributed by atoms with Crippen LogP contribution in [0.4, 0.5) is 5.69 Å². The molecule has 0 aliphatic carbocycles. The molecule has 0 spiro atoms. The summed E-state index contributed by atoms with van der Waals surface area (Å²) in [7, 11) is 0. The molecule has 2 aromatic rings. The number of esters is 1. The SMILES string of the molecule is C=C(CSC(=Nc1ccccc1)C1=C(O)COC1=O)c1ccc(Cl)cc1. The van der Waals surface area contributed by atoms with Gasteiger partial charge in [0, 0.05) is 10.8 Å². The molecule has 26 heavy (non-hydrogen) atoms. The number of hydrogen-bond acceptors (Lipinski definition) is 5. The summed E-state index contributed by atoms with van der Waals surface area (Å²) in [6, 6.07) is 16.6. The van der Waals surface area contributed by atoms with Crippen molar-refractivity contribution in [3.63, 3.8) is 0 Å². The van der Waals surface area contributed by atoms with Gasteiger partial charge in [-0.25, -0.2) is 9.79 Å². The smallest absolute Gasteiger partial charge is 0.344 e. The third kappa shape index (κ3) is 4.36. The number of para-hydroxylation sites is 1. The monoisotopic (exact) mass is 385 g/mol. The Balaban J connectivity index is 1.84. The topological polar surface area (TPSA) is 58.9 Å². The van der Waals surface area contributed by atoms with Crippen LogP contribution in [0.3, 0.4) is 0 Å². The van der Waals surface area contributed by atoms with Crippen molar-refractivity contribution in [2.75, 3.05) is 12.4 Å². The van der Waals surface area contributed by atoms with E-state index in [1.165, 1.54) is 11.8 Å². The first-order chi connectivity index (χ1) is 12.5. The van der Waals surface area contributed by atoms with Crippen molar-refractivity contribution in [2.45, 2.75) is 0 Å². The number of thioether (sulfide) groups is 1. The van der Waals surface area contributed by atoms with Crippen molar-refractivity contribution >= 4 is 45.6 Å². The van der Waals surface area contributed by atoms with E-state index in [4.69, 9.17) is 16.3 Å². The highest BCUT2D eigenvalue weighted by Gasteiger charge is 2.29. The van der Waals surface area contributed by atoms with E-state index >= 15 is 0 Å². The first-order valence-electron chi connectivity index (χ1n) is 7.84. The van der Waals surface area contributed by atoms with Gasteiger partial charge in [-0.2, -0.15) is 0 Å². The number of hydrogen-bond donors (Lipinski definition) is 1. The molecule has 0 atom stereocenters. The minimum Gasteiger partial charge on any atom is -0.508 e. The van der Waals surface area contributed by atoms with Gasteiger partial charge in [0.15, 0.2) is 0 Å². The first-order valence-corrected chi connectivity index (χ1v) is 9.21. The average Bonchev–Trinajstić information content (AvgIpc) is 2.98. The molecule has 1 aliphatic heterocycles. The number of rotatable bonds is 5. The van der Waals surface area contributed by atoms with Gasteiger partial charge in [-0.05, 0) is 35.4 Å². The van der Waals surface area contributed by atoms with Gasteiger partial charge < -0.3 is 9.84 Å². The molecule has 3 rings (SSSR count). The lowest BCUT2D eigenvalue weighted by atomic mass is 10.1. The Labute approximate surface area is 160 Å². The van der Waals surface area contributed by atoms with Crippen LogP contribution in [-0.2, 0) is 9.53 Å². The Kier molecular flexibility index (Phi) is 5.81. The summed E-state index contributed by atoms with van der Waals surface area (Å²) in [5.41, 5.74) is 2.61. The van der Waals surface area contributed by atoms with Gasteiger partial charge in [-0.15, -0.1) is 11.8 Å². The second-order valence-corrected chi connectivity index (χ2v) is 6.95. The van der Waals surface area contributed by atoms with Crippen LogP contribution in [-0.4, -0.2) is 28.5 Å². The molecule has 0 radical (unpaired) electrons. The number of carbonyl (C=O) groups is 1. The second kappa shape index (κ2) is 8.25. The molecule has 6 heteroatoms. The van der Waals surface area contributed by atoms with E-state index in [2.05, 4.69) is 11.6 Å². The van der Waals surface area contributed by atoms with E-state index in [0.29, 0.717) is 21.5 Å². The molecule has 1 heterocycles. The number of carbonyl (C=O) groups excluding carboxylic acids is 1. The number of aliphatic hydroxyl groups is 1. The zero-order valence-electron chi connectivity index (χ0n) is 13.8. The van der Waals surface area contributed by atoms with Gasteiger partial charge in [0.1, 0.15) is 23.0 Å². The standard InChI is InChI=1S/C20H16ClNO3S/c1-13(14-7-9-15(21)10-8-14)12-26-19(18-17(23)11-25-20(18)24)22-16-5-3-2-4-6-16/h2-10,23H,1,11-12H2. The maximum atomic E-state index is 12.0. The van der Waals surface area contributed by atoms with Crippen molar-refractivity contribution < 1.29 is 14.6 Å². The van der Waals surface area contributed by atoms with Crippen LogP contribution >= 0.6 is 23.4 Å². The van der Waals surface area contributed by atoms with E-state index in [-0.39, 0.29) is 17.9 Å². The third-order valence-electron chi connectivity index (χ3n) is 3.67. The Morgan fingerprint density at radius 3 is 2.50 bits per heavy atom. The van der Waals surface area contributed by atoms with Gasteiger partial charge in [0.05, 0.1) is 5.69 Å². The second-order valence-electron chi connectivity index (χ2n) is 5.55. The van der Waals surface area contributed by atoms with Crippen LogP contribution in [0.5, 0.6) is 0 Å². The molecule has 0 amide bonds. The Bertz CT molecular complexity index is 889. The van der Waals surface area contributed by atoms with Gasteiger partial charge in [-0.1, -0.05) is 48.5 Å². The molecule has 0 aromatic heterocycles. The van der Waals surface area contributed by atoms with Crippen molar-refractivity contribution in [1.82, 2.24) is 0 Å². The minimum atomic E-state index is -0.568. The lowest BCUT2D eigenvalue weighted by Gasteiger charge is -2.09. The third-order valence-corrected chi connectivity index (χ3v) is 4.98. The molecule has 0 fully saturated rings. The molecule has 0 saturated carbocycles. The number of aliphatic hydroxyl groups excluding tert-OH is 1. The van der Waals surface area contributed by atoms with Crippen LogP contribution in [0.25, 0.3) is 5.57 Å². The van der Waals surface area contributed by atoms with E-state index < -0.39 is 5.97 Å².